The van der Waals surface area contributed by atoms with Crippen LogP contribution in [0.2, 0.25) is 0 Å². The number of rotatable bonds is 3. The van der Waals surface area contributed by atoms with Crippen LogP contribution in [0.25, 0.3) is 0 Å². The minimum atomic E-state index is -0.499. The van der Waals surface area contributed by atoms with E-state index in [0.29, 0.717) is 37.3 Å². The number of aliphatic hydroxyl groups is 1. The van der Waals surface area contributed by atoms with E-state index in [2.05, 4.69) is 0 Å². The Morgan fingerprint density at radius 1 is 1.19 bits per heavy atom. The second kappa shape index (κ2) is 4.50. The molecule has 1 aromatic carbocycles. The molecule has 3 N–H and O–H groups in total. The quantitative estimate of drug-likeness (QED) is 0.868. The number of amides is 1. The van der Waals surface area contributed by atoms with Crippen molar-refractivity contribution < 1.29 is 14.3 Å². The zero-order chi connectivity index (χ0) is 17.9. The Hall–Kier alpha value is -1.46. The normalized spacial score (nSPS) is 47.8. The van der Waals surface area contributed by atoms with Gasteiger partial charge in [0.25, 0.3) is 0 Å². The van der Waals surface area contributed by atoms with Crippen LogP contribution >= 0.6 is 0 Å². The first kappa shape index (κ1) is 15.6. The van der Waals surface area contributed by atoms with Crippen molar-refractivity contribution in [2.75, 3.05) is 13.1 Å². The van der Waals surface area contributed by atoms with Gasteiger partial charge in [0.2, 0.25) is 5.91 Å². The molecule has 138 valence electrons. The predicted molar refractivity (Wildman–Crippen MR) is 93.6 cm³/mol. The molecular formula is C21H25FN2O2. The Balaban J connectivity index is 1.41. The maximum atomic E-state index is 13.6. The first-order chi connectivity index (χ1) is 12.4. The fraction of sp³-hybridized carbons (Fsp3) is 0.667. The molecule has 6 rings (SSSR count). The molecule has 5 heteroatoms. The van der Waals surface area contributed by atoms with Crippen molar-refractivity contribution in [3.05, 3.63) is 35.6 Å². The van der Waals surface area contributed by atoms with Crippen molar-refractivity contribution in [3.63, 3.8) is 0 Å². The summed E-state index contributed by atoms with van der Waals surface area (Å²) in [6.45, 7) is 1.29. The second-order valence-corrected chi connectivity index (χ2v) is 9.65. The summed E-state index contributed by atoms with van der Waals surface area (Å²) in [4.78, 5) is 14.9. The van der Waals surface area contributed by atoms with Gasteiger partial charge in [-0.25, -0.2) is 4.39 Å². The van der Waals surface area contributed by atoms with Crippen molar-refractivity contribution in [3.8, 4) is 0 Å². The van der Waals surface area contributed by atoms with Gasteiger partial charge in [-0.3, -0.25) is 4.79 Å². The van der Waals surface area contributed by atoms with Crippen molar-refractivity contribution in [1.29, 1.82) is 0 Å². The minimum Gasteiger partial charge on any atom is -0.389 e. The van der Waals surface area contributed by atoms with Gasteiger partial charge < -0.3 is 15.7 Å². The van der Waals surface area contributed by atoms with Crippen LogP contribution < -0.4 is 5.73 Å². The third-order valence-electron chi connectivity index (χ3n) is 8.93. The summed E-state index contributed by atoms with van der Waals surface area (Å²) in [5.74, 6) is 1.32. The van der Waals surface area contributed by atoms with Crippen LogP contribution in [-0.4, -0.2) is 40.6 Å². The highest BCUT2D eigenvalue weighted by Crippen LogP contribution is 2.87. The SMILES string of the molecule is NC1CN(C(=O)CC2(c3ccc(F)cc3)C3CC4CC5(O)CC2C45C3)C1. The number of nitrogens with zero attached hydrogens (tertiary/aromatic N) is 1. The summed E-state index contributed by atoms with van der Waals surface area (Å²) < 4.78 is 13.6. The van der Waals surface area contributed by atoms with E-state index in [0.717, 1.165) is 31.2 Å². The van der Waals surface area contributed by atoms with E-state index in [1.54, 1.807) is 0 Å². The van der Waals surface area contributed by atoms with E-state index in [1.165, 1.54) is 12.1 Å². The van der Waals surface area contributed by atoms with Gasteiger partial charge in [0.15, 0.2) is 0 Å². The molecule has 6 atom stereocenters. The van der Waals surface area contributed by atoms with Gasteiger partial charge in [-0.15, -0.1) is 0 Å². The topological polar surface area (TPSA) is 66.6 Å². The molecule has 4 aliphatic carbocycles. The van der Waals surface area contributed by atoms with E-state index < -0.39 is 5.60 Å². The minimum absolute atomic E-state index is 0.0255. The third kappa shape index (κ3) is 1.50. The van der Waals surface area contributed by atoms with Crippen molar-refractivity contribution in [2.45, 2.75) is 49.2 Å². The maximum absolute atomic E-state index is 13.6. The summed E-state index contributed by atoms with van der Waals surface area (Å²) in [6, 6.07) is 6.91. The summed E-state index contributed by atoms with van der Waals surface area (Å²) in [7, 11) is 0. The summed E-state index contributed by atoms with van der Waals surface area (Å²) in [5.41, 5.74) is 6.25. The first-order valence-electron chi connectivity index (χ1n) is 9.91. The van der Waals surface area contributed by atoms with Gasteiger partial charge in [-0.1, -0.05) is 12.1 Å². The molecule has 4 nitrogen and oxygen atoms in total. The zero-order valence-corrected chi connectivity index (χ0v) is 14.8. The fourth-order valence-corrected chi connectivity index (χ4v) is 7.89. The molecule has 1 heterocycles. The van der Waals surface area contributed by atoms with E-state index in [9.17, 15) is 14.3 Å². The lowest BCUT2D eigenvalue weighted by atomic mass is 9.31. The van der Waals surface area contributed by atoms with Crippen LogP contribution in [0.1, 0.15) is 37.7 Å². The first-order valence-corrected chi connectivity index (χ1v) is 9.91. The van der Waals surface area contributed by atoms with Crippen molar-refractivity contribution in [1.82, 2.24) is 4.90 Å². The molecular weight excluding hydrogens is 331 g/mol. The highest BCUT2D eigenvalue weighted by molar-refractivity contribution is 5.79. The predicted octanol–water partition coefficient (Wildman–Crippen LogP) is 1.80. The van der Waals surface area contributed by atoms with Gasteiger partial charge in [-0.2, -0.15) is 0 Å². The van der Waals surface area contributed by atoms with Gasteiger partial charge in [0.1, 0.15) is 5.82 Å². The van der Waals surface area contributed by atoms with Crippen molar-refractivity contribution >= 4 is 5.91 Å². The number of hydrogen-bond donors (Lipinski definition) is 2. The molecule has 1 aromatic rings. The monoisotopic (exact) mass is 356 g/mol. The molecule has 4 saturated carbocycles. The van der Waals surface area contributed by atoms with Crippen LogP contribution in [0.5, 0.6) is 0 Å². The Kier molecular flexibility index (Phi) is 2.70. The average Bonchev–Trinajstić information content (AvgIpc) is 3.06. The van der Waals surface area contributed by atoms with Crippen molar-refractivity contribution in [2.24, 2.45) is 28.9 Å². The smallest absolute Gasteiger partial charge is 0.223 e. The molecule has 1 amide bonds. The van der Waals surface area contributed by atoms with Crippen LogP contribution in [0.3, 0.4) is 0 Å². The number of fused-ring (bicyclic) bond motifs is 1. The van der Waals surface area contributed by atoms with E-state index in [1.807, 2.05) is 17.0 Å². The second-order valence-electron chi connectivity index (χ2n) is 9.65. The number of benzene rings is 1. The summed E-state index contributed by atoms with van der Waals surface area (Å²) in [5, 5.41) is 11.0. The molecule has 26 heavy (non-hydrogen) atoms. The molecule has 0 radical (unpaired) electrons. The molecule has 1 saturated heterocycles. The number of carbonyl (C=O) groups excluding carboxylic acids is 1. The Bertz CT molecular complexity index is 807. The standard InChI is InChI=1S/C21H25FN2O2/c22-15-3-1-12(2-4-15)20(9-18(25)24-10-16(23)11-24)13-5-14-6-19(26)8-17(20)21(14,19)7-13/h1-4,13-14,16-17,26H,5-11,23H2. The fourth-order valence-electron chi connectivity index (χ4n) is 7.89. The molecule has 2 bridgehead atoms. The lowest BCUT2D eigenvalue weighted by Gasteiger charge is -2.74. The Morgan fingerprint density at radius 2 is 1.92 bits per heavy atom. The van der Waals surface area contributed by atoms with Gasteiger partial charge >= 0.3 is 0 Å². The van der Waals surface area contributed by atoms with E-state index >= 15 is 0 Å². The average molecular weight is 356 g/mol. The zero-order valence-electron chi connectivity index (χ0n) is 14.8. The molecule has 0 aromatic heterocycles. The Morgan fingerprint density at radius 3 is 2.54 bits per heavy atom. The molecule has 6 unspecified atom stereocenters. The third-order valence-corrected chi connectivity index (χ3v) is 8.93. The molecule has 5 fully saturated rings. The Labute approximate surface area is 152 Å². The maximum Gasteiger partial charge on any atom is 0.223 e. The van der Waals surface area contributed by atoms with Crippen LogP contribution in [-0.2, 0) is 10.2 Å². The highest BCUT2D eigenvalue weighted by Gasteiger charge is 2.87. The molecule has 1 spiro atoms. The lowest BCUT2D eigenvalue weighted by Crippen LogP contribution is -2.76. The lowest BCUT2D eigenvalue weighted by molar-refractivity contribution is -0.319. The van der Waals surface area contributed by atoms with Crippen LogP contribution in [0, 0.1) is 29.0 Å². The van der Waals surface area contributed by atoms with Crippen LogP contribution in [0.4, 0.5) is 4.39 Å². The number of hydrogen-bond acceptors (Lipinski definition) is 3. The van der Waals surface area contributed by atoms with Crippen LogP contribution in [0.15, 0.2) is 24.3 Å². The van der Waals surface area contributed by atoms with Gasteiger partial charge in [-0.05, 0) is 61.1 Å². The van der Waals surface area contributed by atoms with E-state index in [-0.39, 0.29) is 28.6 Å². The van der Waals surface area contributed by atoms with E-state index in [4.69, 9.17) is 5.73 Å². The number of carbonyl (C=O) groups is 1. The number of likely N-dealkylation sites (tertiary alicyclic amines) is 1. The number of halogens is 1. The molecule has 5 aliphatic rings. The highest BCUT2D eigenvalue weighted by atomic mass is 19.1. The summed E-state index contributed by atoms with van der Waals surface area (Å²) in [6.07, 6.45) is 4.34. The van der Waals surface area contributed by atoms with Gasteiger partial charge in [0.05, 0.1) is 5.60 Å². The number of nitrogens with two attached hydrogens (primary N) is 1. The largest absolute Gasteiger partial charge is 0.389 e. The summed E-state index contributed by atoms with van der Waals surface area (Å²) >= 11 is 0. The van der Waals surface area contributed by atoms with Gasteiger partial charge in [0, 0.05) is 36.4 Å². The molecule has 1 aliphatic heterocycles.